The second-order valence-electron chi connectivity index (χ2n) is 4.24. The molecule has 1 heterocycles. The minimum absolute atomic E-state index is 0.142. The number of aryl methyl sites for hydroxylation is 1. The zero-order valence-corrected chi connectivity index (χ0v) is 10.8. The summed E-state index contributed by atoms with van der Waals surface area (Å²) in [5.41, 5.74) is 0.496. The van der Waals surface area contributed by atoms with E-state index in [0.29, 0.717) is 25.1 Å². The maximum absolute atomic E-state index is 11.7. The van der Waals surface area contributed by atoms with E-state index < -0.39 is 12.0 Å². The third-order valence-electron chi connectivity index (χ3n) is 2.78. The van der Waals surface area contributed by atoms with Gasteiger partial charge in [0, 0.05) is 19.2 Å². The number of hydrogen-bond acceptors (Lipinski definition) is 3. The van der Waals surface area contributed by atoms with Crippen LogP contribution in [0.25, 0.3) is 0 Å². The Balaban J connectivity index is 2.47. The van der Waals surface area contributed by atoms with Crippen molar-refractivity contribution < 1.29 is 19.5 Å². The molecule has 0 aromatic carbocycles. The van der Waals surface area contributed by atoms with Gasteiger partial charge in [-0.2, -0.15) is 0 Å². The predicted molar refractivity (Wildman–Crippen MR) is 68.9 cm³/mol. The van der Waals surface area contributed by atoms with E-state index in [1.54, 1.807) is 22.9 Å². The van der Waals surface area contributed by atoms with Crippen LogP contribution in [0.15, 0.2) is 18.3 Å². The van der Waals surface area contributed by atoms with Crippen LogP contribution in [0.1, 0.15) is 36.7 Å². The van der Waals surface area contributed by atoms with Crippen molar-refractivity contribution in [2.75, 3.05) is 0 Å². The molecule has 0 aliphatic carbocycles. The Kier molecular flexibility index (Phi) is 5.78. The summed E-state index contributed by atoms with van der Waals surface area (Å²) in [6, 6.07) is 2.54. The van der Waals surface area contributed by atoms with E-state index in [4.69, 9.17) is 5.11 Å². The highest BCUT2D eigenvalue weighted by Crippen LogP contribution is 2.02. The number of rotatable bonds is 8. The van der Waals surface area contributed by atoms with Gasteiger partial charge >= 0.3 is 5.97 Å². The zero-order chi connectivity index (χ0) is 14.3. The second-order valence-corrected chi connectivity index (χ2v) is 4.24. The van der Waals surface area contributed by atoms with E-state index >= 15 is 0 Å². The molecule has 1 unspecified atom stereocenters. The van der Waals surface area contributed by atoms with E-state index in [-0.39, 0.29) is 12.3 Å². The number of carboxylic acid groups (broad SMARTS) is 1. The molecule has 0 bridgehead atoms. The molecule has 6 nitrogen and oxygen atoms in total. The van der Waals surface area contributed by atoms with E-state index in [1.807, 2.05) is 6.92 Å². The standard InChI is InChI=1S/C13H18N2O4/c1-2-4-11(13(18)19)14-12(17)6-8-15-7-3-5-10(15)9-16/h3,5,7,9,11H,2,4,6,8H2,1H3,(H,14,17)(H,18,19). The minimum Gasteiger partial charge on any atom is -0.480 e. The summed E-state index contributed by atoms with van der Waals surface area (Å²) in [6.45, 7) is 2.21. The molecule has 1 aromatic rings. The molecule has 1 aromatic heterocycles. The van der Waals surface area contributed by atoms with Crippen molar-refractivity contribution in [3.8, 4) is 0 Å². The molecule has 2 N–H and O–H groups in total. The third-order valence-corrected chi connectivity index (χ3v) is 2.78. The number of carbonyl (C=O) groups is 3. The van der Waals surface area contributed by atoms with Crippen LogP contribution < -0.4 is 5.32 Å². The predicted octanol–water partition coefficient (Wildman–Crippen LogP) is 1.06. The van der Waals surface area contributed by atoms with Crippen LogP contribution in [0.3, 0.4) is 0 Å². The maximum atomic E-state index is 11.7. The minimum atomic E-state index is -1.02. The Labute approximate surface area is 111 Å². The fraction of sp³-hybridized carbons (Fsp3) is 0.462. The number of aliphatic carboxylic acids is 1. The van der Waals surface area contributed by atoms with Gasteiger partial charge in [0.2, 0.25) is 5.91 Å². The van der Waals surface area contributed by atoms with Crippen molar-refractivity contribution in [2.45, 2.75) is 38.8 Å². The number of nitrogens with one attached hydrogen (secondary N) is 1. The molecular formula is C13H18N2O4. The largest absolute Gasteiger partial charge is 0.480 e. The van der Waals surface area contributed by atoms with Crippen LogP contribution in [-0.2, 0) is 16.1 Å². The average molecular weight is 266 g/mol. The molecule has 0 saturated carbocycles. The Bertz CT molecular complexity index is 453. The number of carbonyl (C=O) groups excluding carboxylic acids is 2. The molecule has 1 rings (SSSR count). The highest BCUT2D eigenvalue weighted by atomic mass is 16.4. The molecule has 0 aliphatic heterocycles. The Morgan fingerprint density at radius 1 is 1.53 bits per heavy atom. The number of carboxylic acids is 1. The van der Waals surface area contributed by atoms with Gasteiger partial charge in [-0.25, -0.2) is 4.79 Å². The first-order valence-electron chi connectivity index (χ1n) is 6.21. The van der Waals surface area contributed by atoms with Gasteiger partial charge in [-0.1, -0.05) is 13.3 Å². The highest BCUT2D eigenvalue weighted by Gasteiger charge is 2.18. The Morgan fingerprint density at radius 2 is 2.26 bits per heavy atom. The number of hydrogen-bond donors (Lipinski definition) is 2. The summed E-state index contributed by atoms with van der Waals surface area (Å²) in [7, 11) is 0. The number of amides is 1. The van der Waals surface area contributed by atoms with Crippen LogP contribution in [0, 0.1) is 0 Å². The van der Waals surface area contributed by atoms with Crippen molar-refractivity contribution >= 4 is 18.2 Å². The molecule has 19 heavy (non-hydrogen) atoms. The number of aromatic nitrogens is 1. The van der Waals surface area contributed by atoms with Crippen molar-refractivity contribution in [3.63, 3.8) is 0 Å². The molecule has 0 saturated heterocycles. The van der Waals surface area contributed by atoms with Gasteiger partial charge in [0.15, 0.2) is 6.29 Å². The van der Waals surface area contributed by atoms with Gasteiger partial charge in [-0.15, -0.1) is 0 Å². The maximum Gasteiger partial charge on any atom is 0.326 e. The molecular weight excluding hydrogens is 248 g/mol. The summed E-state index contributed by atoms with van der Waals surface area (Å²) in [4.78, 5) is 33.2. The molecule has 0 aliphatic rings. The average Bonchev–Trinajstić information content (AvgIpc) is 2.83. The van der Waals surface area contributed by atoms with Crippen molar-refractivity contribution in [1.29, 1.82) is 0 Å². The molecule has 0 radical (unpaired) electrons. The van der Waals surface area contributed by atoms with Gasteiger partial charge < -0.3 is 15.0 Å². The van der Waals surface area contributed by atoms with Crippen LogP contribution in [-0.4, -0.2) is 33.9 Å². The lowest BCUT2D eigenvalue weighted by molar-refractivity contribution is -0.142. The normalized spacial score (nSPS) is 11.8. The lowest BCUT2D eigenvalue weighted by atomic mass is 10.1. The quantitative estimate of drug-likeness (QED) is 0.689. The van der Waals surface area contributed by atoms with Crippen LogP contribution in [0.5, 0.6) is 0 Å². The van der Waals surface area contributed by atoms with Gasteiger partial charge in [0.1, 0.15) is 6.04 Å². The first-order valence-corrected chi connectivity index (χ1v) is 6.21. The van der Waals surface area contributed by atoms with Crippen LogP contribution in [0.4, 0.5) is 0 Å². The van der Waals surface area contributed by atoms with Crippen molar-refractivity contribution in [3.05, 3.63) is 24.0 Å². The monoisotopic (exact) mass is 266 g/mol. The third kappa shape index (κ3) is 4.57. The summed E-state index contributed by atoms with van der Waals surface area (Å²) < 4.78 is 1.65. The SMILES string of the molecule is CCCC(NC(=O)CCn1cccc1C=O)C(=O)O. The van der Waals surface area contributed by atoms with Gasteiger partial charge in [0.25, 0.3) is 0 Å². The Hall–Kier alpha value is -2.11. The summed E-state index contributed by atoms with van der Waals surface area (Å²) in [5.74, 6) is -1.35. The van der Waals surface area contributed by atoms with Crippen molar-refractivity contribution in [1.82, 2.24) is 9.88 Å². The van der Waals surface area contributed by atoms with Gasteiger partial charge in [-0.3, -0.25) is 9.59 Å². The molecule has 0 spiro atoms. The zero-order valence-electron chi connectivity index (χ0n) is 10.8. The van der Waals surface area contributed by atoms with E-state index in [9.17, 15) is 14.4 Å². The number of aldehydes is 1. The fourth-order valence-electron chi connectivity index (χ4n) is 1.77. The fourth-order valence-corrected chi connectivity index (χ4v) is 1.77. The van der Waals surface area contributed by atoms with Crippen LogP contribution >= 0.6 is 0 Å². The van der Waals surface area contributed by atoms with Crippen LogP contribution in [0.2, 0.25) is 0 Å². The topological polar surface area (TPSA) is 88.4 Å². The first-order chi connectivity index (χ1) is 9.08. The summed E-state index contributed by atoms with van der Waals surface area (Å²) in [6.07, 6.45) is 3.66. The molecule has 1 amide bonds. The van der Waals surface area contributed by atoms with Gasteiger partial charge in [0.05, 0.1) is 5.69 Å². The number of nitrogens with zero attached hydrogens (tertiary/aromatic N) is 1. The van der Waals surface area contributed by atoms with E-state index in [0.717, 1.165) is 6.29 Å². The smallest absolute Gasteiger partial charge is 0.326 e. The summed E-state index contributed by atoms with van der Waals surface area (Å²) >= 11 is 0. The lowest BCUT2D eigenvalue weighted by Crippen LogP contribution is -2.40. The molecule has 104 valence electrons. The molecule has 6 heteroatoms. The lowest BCUT2D eigenvalue weighted by Gasteiger charge is -2.13. The second kappa shape index (κ2) is 7.35. The molecule has 1 atom stereocenters. The Morgan fingerprint density at radius 3 is 2.84 bits per heavy atom. The van der Waals surface area contributed by atoms with Gasteiger partial charge in [-0.05, 0) is 18.6 Å². The summed E-state index contributed by atoms with van der Waals surface area (Å²) in [5, 5.41) is 11.4. The first kappa shape index (κ1) is 14.9. The highest BCUT2D eigenvalue weighted by molar-refractivity contribution is 5.83. The van der Waals surface area contributed by atoms with E-state index in [2.05, 4.69) is 5.32 Å². The molecule has 0 fully saturated rings. The van der Waals surface area contributed by atoms with E-state index in [1.165, 1.54) is 0 Å². The van der Waals surface area contributed by atoms with Crippen molar-refractivity contribution in [2.24, 2.45) is 0 Å².